The molecule has 6 rings (SSSR count). The van der Waals surface area contributed by atoms with E-state index >= 15 is 0 Å². The van der Waals surface area contributed by atoms with Gasteiger partial charge in [0.25, 0.3) is 0 Å². The van der Waals surface area contributed by atoms with Crippen LogP contribution in [0.2, 0.25) is 0 Å². The summed E-state index contributed by atoms with van der Waals surface area (Å²) < 4.78 is 5.86. The number of fused-ring (bicyclic) bond motifs is 7. The Balaban J connectivity index is 1.33. The normalized spacial score (nSPS) is 43.5. The first-order chi connectivity index (χ1) is 21.3. The Hall–Kier alpha value is -2.55. The first kappa shape index (κ1) is 33.4. The maximum absolute atomic E-state index is 14.7. The van der Waals surface area contributed by atoms with Crippen LogP contribution in [0.15, 0.2) is 35.9 Å². The van der Waals surface area contributed by atoms with Crippen LogP contribution in [0.4, 0.5) is 11.4 Å². The van der Waals surface area contributed by atoms with Gasteiger partial charge in [-0.3, -0.25) is 14.4 Å². The lowest BCUT2D eigenvalue weighted by molar-refractivity contribution is -0.991. The molecule has 1 unspecified atom stereocenters. The van der Waals surface area contributed by atoms with E-state index < -0.39 is 10.6 Å². The number of quaternary nitrogens is 1. The third-order valence-corrected chi connectivity index (χ3v) is 14.7. The van der Waals surface area contributed by atoms with Gasteiger partial charge in [-0.25, -0.2) is 5.21 Å². The fraction of sp³-hybridized carbons (Fsp3) is 0.711. The summed E-state index contributed by atoms with van der Waals surface area (Å²) >= 11 is 0. The minimum Gasteiger partial charge on any atom is -0.595 e. The highest BCUT2D eigenvalue weighted by Gasteiger charge is 2.70. The molecule has 4 fully saturated rings. The van der Waals surface area contributed by atoms with Crippen molar-refractivity contribution >= 4 is 29.0 Å². The third kappa shape index (κ3) is 4.75. The summed E-state index contributed by atoms with van der Waals surface area (Å²) in [6.45, 7) is 17.5. The number of anilines is 1. The number of nitrogens with one attached hydrogen (secondary N) is 2. The molecule has 4 saturated carbocycles. The number of allylic oxidation sites excluding steroid dienone is 2. The van der Waals surface area contributed by atoms with Crippen LogP contribution in [0, 0.1) is 55.5 Å². The summed E-state index contributed by atoms with van der Waals surface area (Å²) in [6, 6.07) is 6.42. The SMILES string of the molecule is CC(=O)O[C@@H]1CC[C@@]2(C)[C@H](CC[C@]3(C)[C@@H]2C(=O)C=C2[C@H]4C[C@@](C)(C(=O)Nc5cccc([NH+]([O-])O)c5)CC[C@]4(C)CC[C@@]23C)C1(C)C. The number of ether oxygens (including phenoxy) is 1. The minimum absolute atomic E-state index is 0.0169. The van der Waals surface area contributed by atoms with Crippen LogP contribution >= 0.6 is 0 Å². The largest absolute Gasteiger partial charge is 0.595 e. The maximum Gasteiger partial charge on any atom is 0.302 e. The second-order valence-electron chi connectivity index (χ2n) is 17.6. The van der Waals surface area contributed by atoms with Crippen LogP contribution in [0.3, 0.4) is 0 Å². The molecule has 252 valence electrons. The van der Waals surface area contributed by atoms with Crippen LogP contribution in [0.5, 0.6) is 0 Å². The molecule has 1 aromatic rings. The average molecular weight is 635 g/mol. The van der Waals surface area contributed by atoms with E-state index in [2.05, 4.69) is 46.9 Å². The summed E-state index contributed by atoms with van der Waals surface area (Å²) in [7, 11) is 0. The van der Waals surface area contributed by atoms with Gasteiger partial charge in [0.2, 0.25) is 5.91 Å². The van der Waals surface area contributed by atoms with Gasteiger partial charge >= 0.3 is 5.97 Å². The molecule has 0 radical (unpaired) electrons. The van der Waals surface area contributed by atoms with E-state index in [1.807, 2.05) is 13.0 Å². The number of carbonyl (C=O) groups is 3. The van der Waals surface area contributed by atoms with Crippen molar-refractivity contribution in [1.82, 2.24) is 0 Å². The van der Waals surface area contributed by atoms with E-state index in [0.717, 1.165) is 51.4 Å². The first-order valence-corrected chi connectivity index (χ1v) is 17.4. The van der Waals surface area contributed by atoms with E-state index in [9.17, 15) is 24.8 Å². The fourth-order valence-corrected chi connectivity index (χ4v) is 11.8. The van der Waals surface area contributed by atoms with Gasteiger partial charge in [0.05, 0.1) is 0 Å². The van der Waals surface area contributed by atoms with Gasteiger partial charge in [-0.15, -0.1) is 0 Å². The Kier molecular flexibility index (Phi) is 7.78. The molecule has 0 aromatic heterocycles. The van der Waals surface area contributed by atoms with E-state index in [-0.39, 0.29) is 74.3 Å². The molecule has 0 aliphatic heterocycles. The zero-order valence-electron chi connectivity index (χ0n) is 29.0. The molecule has 5 aliphatic carbocycles. The highest BCUT2D eigenvalue weighted by molar-refractivity contribution is 5.97. The molecule has 1 aromatic carbocycles. The van der Waals surface area contributed by atoms with Gasteiger partial charge in [-0.05, 0) is 103 Å². The van der Waals surface area contributed by atoms with Gasteiger partial charge < -0.3 is 15.3 Å². The Bertz CT molecular complexity index is 1480. The Labute approximate surface area is 274 Å². The smallest absolute Gasteiger partial charge is 0.302 e. The van der Waals surface area contributed by atoms with Gasteiger partial charge in [-0.2, -0.15) is 5.23 Å². The lowest BCUT2D eigenvalue weighted by Gasteiger charge is -2.70. The number of esters is 1. The molecule has 1 amide bonds. The van der Waals surface area contributed by atoms with Crippen molar-refractivity contribution in [1.29, 1.82) is 0 Å². The highest BCUT2D eigenvalue weighted by Crippen LogP contribution is 2.75. The number of benzene rings is 1. The van der Waals surface area contributed by atoms with Gasteiger partial charge in [0.1, 0.15) is 6.10 Å². The van der Waals surface area contributed by atoms with Crippen LogP contribution in [-0.4, -0.2) is 29.0 Å². The molecule has 0 bridgehead atoms. The molecule has 8 nitrogen and oxygen atoms in total. The predicted octanol–water partition coefficient (Wildman–Crippen LogP) is 6.94. The highest BCUT2D eigenvalue weighted by atomic mass is 16.8. The van der Waals surface area contributed by atoms with Crippen LogP contribution in [-0.2, 0) is 19.1 Å². The van der Waals surface area contributed by atoms with Crippen molar-refractivity contribution in [3.63, 3.8) is 0 Å². The predicted molar refractivity (Wildman–Crippen MR) is 176 cm³/mol. The molecule has 5 aliphatic rings. The second kappa shape index (κ2) is 10.7. The summed E-state index contributed by atoms with van der Waals surface area (Å²) in [5.41, 5.74) is 0.472. The average Bonchev–Trinajstić information content (AvgIpc) is 2.96. The van der Waals surface area contributed by atoms with Crippen molar-refractivity contribution in [2.75, 3.05) is 5.32 Å². The quantitative estimate of drug-likeness (QED) is 0.244. The monoisotopic (exact) mass is 634 g/mol. The Morgan fingerprint density at radius 2 is 1.67 bits per heavy atom. The first-order valence-electron chi connectivity index (χ1n) is 17.4. The lowest BCUT2D eigenvalue weighted by atomic mass is 9.33. The summed E-state index contributed by atoms with van der Waals surface area (Å²) in [4.78, 5) is 40.6. The number of hydrogen-bond acceptors (Lipinski definition) is 6. The summed E-state index contributed by atoms with van der Waals surface area (Å²) in [5.74, 6) is 0.210. The molecule has 3 N–H and O–H groups in total. The lowest BCUT2D eigenvalue weighted by Crippen LogP contribution is -2.99. The number of rotatable bonds is 4. The number of amides is 1. The number of carbonyl (C=O) groups excluding carboxylic acids is 3. The van der Waals surface area contributed by atoms with Crippen LogP contribution < -0.4 is 10.5 Å². The van der Waals surface area contributed by atoms with E-state index in [1.54, 1.807) is 12.1 Å². The minimum atomic E-state index is -1.03. The van der Waals surface area contributed by atoms with E-state index in [1.165, 1.54) is 24.6 Å². The molecule has 0 spiro atoms. The van der Waals surface area contributed by atoms with E-state index in [0.29, 0.717) is 12.1 Å². The van der Waals surface area contributed by atoms with Crippen molar-refractivity contribution < 1.29 is 29.6 Å². The van der Waals surface area contributed by atoms with Crippen molar-refractivity contribution in [3.05, 3.63) is 41.1 Å². The molecule has 8 heteroatoms. The Morgan fingerprint density at radius 1 is 0.978 bits per heavy atom. The van der Waals surface area contributed by atoms with Crippen LogP contribution in [0.25, 0.3) is 0 Å². The number of hydrogen-bond donors (Lipinski definition) is 3. The summed E-state index contributed by atoms with van der Waals surface area (Å²) in [5, 5.41) is 23.0. The third-order valence-electron chi connectivity index (χ3n) is 14.7. The molecule has 0 saturated heterocycles. The van der Waals surface area contributed by atoms with Crippen molar-refractivity contribution in [2.24, 2.45) is 50.2 Å². The molecule has 10 atom stereocenters. The zero-order chi connectivity index (χ0) is 33.7. The summed E-state index contributed by atoms with van der Waals surface area (Å²) in [6.07, 6.45) is 9.93. The second-order valence-corrected chi connectivity index (χ2v) is 17.6. The van der Waals surface area contributed by atoms with E-state index in [4.69, 9.17) is 4.74 Å². The maximum atomic E-state index is 14.7. The van der Waals surface area contributed by atoms with Gasteiger partial charge in [0, 0.05) is 41.5 Å². The van der Waals surface area contributed by atoms with Crippen molar-refractivity contribution in [2.45, 2.75) is 119 Å². The Morgan fingerprint density at radius 3 is 2.35 bits per heavy atom. The molecular formula is C38H54N2O6. The topological polar surface area (TPSA) is 120 Å². The number of ketones is 1. The molecule has 0 heterocycles. The van der Waals surface area contributed by atoms with Gasteiger partial charge in [-0.1, -0.05) is 60.1 Å². The molecule has 46 heavy (non-hydrogen) atoms. The fourth-order valence-electron chi connectivity index (χ4n) is 11.8. The molecular weight excluding hydrogens is 580 g/mol. The zero-order valence-corrected chi connectivity index (χ0v) is 29.0. The van der Waals surface area contributed by atoms with Gasteiger partial charge in [0.15, 0.2) is 11.5 Å². The standard InChI is InChI=1S/C38H54N2O6/c1-23(41)46-30-13-14-36(6)29(33(30,2)3)12-15-38(8)31(36)28(42)21-26-27-22-35(5,17-16-34(27,4)18-19-37(26,38)7)32(43)39-24-10-9-11-25(20-24)40(44)45/h9-11,20-21,27,29-31,40,44H,12-19,22H2,1-8H3,(H,39,43)/t27-,29-,30-,31-,34-,35+,36+,37+,38-/m1/s1. The van der Waals surface area contributed by atoms with Crippen LogP contribution in [0.1, 0.15) is 113 Å². The van der Waals surface area contributed by atoms with Crippen molar-refractivity contribution in [3.8, 4) is 0 Å².